The molecule has 0 aromatic heterocycles. The molecule has 56 heavy (non-hydrogen) atoms. The summed E-state index contributed by atoms with van der Waals surface area (Å²) in [5.74, 6) is 0.446. The van der Waals surface area contributed by atoms with Gasteiger partial charge in [-0.1, -0.05) is 0 Å². The van der Waals surface area contributed by atoms with Gasteiger partial charge in [-0.25, -0.2) is 0 Å². The molecule has 0 radical (unpaired) electrons. The van der Waals surface area contributed by atoms with E-state index in [1.165, 1.54) is 50.1 Å². The molecule has 2 aliphatic rings. The van der Waals surface area contributed by atoms with Crippen LogP contribution in [0.5, 0.6) is 0 Å². The number of hydrogen-bond donors (Lipinski definition) is 0. The van der Waals surface area contributed by atoms with Crippen molar-refractivity contribution in [1.29, 1.82) is 0 Å². The minimum absolute atomic E-state index is 0. The molecule has 1 atom stereocenters. The predicted molar refractivity (Wildman–Crippen MR) is 235 cm³/mol. The zero-order valence-corrected chi connectivity index (χ0v) is 41.4. The Bertz CT molecular complexity index is 2120. The minimum atomic E-state index is -3.12. The Morgan fingerprint density at radius 2 is 1.04 bits per heavy atom. The second-order valence-electron chi connectivity index (χ2n) is 21.4. The van der Waals surface area contributed by atoms with E-state index in [9.17, 15) is 0 Å². The first-order valence-corrected chi connectivity index (χ1v) is 24.3. The van der Waals surface area contributed by atoms with Crippen LogP contribution in [0.3, 0.4) is 0 Å². The van der Waals surface area contributed by atoms with Crippen LogP contribution in [0.25, 0.3) is 11.1 Å². The topological polar surface area (TPSA) is 0 Å². The van der Waals surface area contributed by atoms with E-state index >= 15 is 0 Å². The maximum absolute atomic E-state index is 3.12. The Morgan fingerprint density at radius 1 is 0.571 bits per heavy atom. The van der Waals surface area contributed by atoms with Gasteiger partial charge >= 0.3 is 340 Å². The molecule has 0 N–H and O–H groups in total. The van der Waals surface area contributed by atoms with Gasteiger partial charge in [0.25, 0.3) is 0 Å². The van der Waals surface area contributed by atoms with E-state index in [4.69, 9.17) is 0 Å². The van der Waals surface area contributed by atoms with Crippen molar-refractivity contribution in [2.45, 2.75) is 145 Å². The van der Waals surface area contributed by atoms with E-state index in [1.807, 2.05) is 0 Å². The van der Waals surface area contributed by atoms with Gasteiger partial charge in [-0.2, -0.15) is 0 Å². The average Bonchev–Trinajstić information content (AvgIpc) is 3.67. The third-order valence-electron chi connectivity index (χ3n) is 11.8. The van der Waals surface area contributed by atoms with Gasteiger partial charge in [-0.15, -0.1) is 0 Å². The summed E-state index contributed by atoms with van der Waals surface area (Å²) in [4.78, 5) is 0. The van der Waals surface area contributed by atoms with E-state index in [0.717, 1.165) is 12.8 Å². The summed E-state index contributed by atoms with van der Waals surface area (Å²) in [5, 5.41) is 0. The predicted octanol–water partition coefficient (Wildman–Crippen LogP) is 7.86. The average molecular weight is 867 g/mol. The summed E-state index contributed by atoms with van der Waals surface area (Å²) in [6.07, 6.45) is 7.51. The Balaban J connectivity index is 0.00000348. The van der Waals surface area contributed by atoms with E-state index in [2.05, 4.69) is 202 Å². The van der Waals surface area contributed by atoms with Crippen molar-refractivity contribution < 1.29 is 46.1 Å². The minimum Gasteiger partial charge on any atom is -1.00 e. The van der Waals surface area contributed by atoms with Gasteiger partial charge in [0.15, 0.2) is 0 Å². The van der Waals surface area contributed by atoms with Crippen LogP contribution in [0.1, 0.15) is 162 Å². The normalized spacial score (nSPS) is 15.4. The van der Waals surface area contributed by atoms with Crippen molar-refractivity contribution in [3.63, 3.8) is 0 Å². The molecule has 0 spiro atoms. The molecule has 1 unspecified atom stereocenters. The number of halogens is 2. The molecule has 4 aromatic carbocycles. The fraction of sp³-hybridized carbons (Fsp3) is 0.453. The number of rotatable bonds is 5. The largest absolute Gasteiger partial charge is 1.00 e. The van der Waals surface area contributed by atoms with Gasteiger partial charge in [-0.3, -0.25) is 0 Å². The maximum Gasteiger partial charge on any atom is -1.00 e. The van der Waals surface area contributed by atoms with Crippen molar-refractivity contribution >= 4 is 6.48 Å². The molecule has 0 fully saturated rings. The van der Waals surface area contributed by atoms with Crippen LogP contribution in [0.4, 0.5) is 0 Å². The van der Waals surface area contributed by atoms with Gasteiger partial charge in [-0.05, 0) is 0 Å². The number of fused-ring (bicyclic) bond motifs is 3. The summed E-state index contributed by atoms with van der Waals surface area (Å²) in [6, 6.07) is 31.0. The van der Waals surface area contributed by atoms with E-state index in [-0.39, 0.29) is 51.9 Å². The standard InChI is InChI=1S/C29H41.C13H10.C11H17.2ClH.Zr/c1-26(2,3)22-14-18-13-19-15-23(27(4,5)6)25(29(10,11)12)17-21(19)20(18)16-24(22)28(7,8)9;1-3-7-12(8-4-1)11-13-9-5-2-6-10-13;1-5-9-6-7-10(8-9)11(2,3)4;;;/h14,16-17H,13H2,1-12H3;1-10H;7-9H,5H2,1-4H3;2*1H;/q;;;;;+2/p-2. The summed E-state index contributed by atoms with van der Waals surface area (Å²) < 4.78 is 5.11. The number of hydrogen-bond acceptors (Lipinski definition) is 0. The molecule has 3 heteroatoms. The molecule has 4 aromatic rings. The van der Waals surface area contributed by atoms with Crippen LogP contribution in [0.2, 0.25) is 0 Å². The molecule has 0 aliphatic heterocycles. The second kappa shape index (κ2) is 16.4. The van der Waals surface area contributed by atoms with Crippen LogP contribution in [-0.4, -0.2) is 3.21 Å². The van der Waals surface area contributed by atoms with Crippen LogP contribution < -0.4 is 28.1 Å². The van der Waals surface area contributed by atoms with Crippen molar-refractivity contribution in [2.75, 3.05) is 0 Å². The molecule has 0 amide bonds. The quantitative estimate of drug-likeness (QED) is 0.169. The van der Waals surface area contributed by atoms with Crippen LogP contribution >= 0.6 is 0 Å². The zero-order valence-electron chi connectivity index (χ0n) is 37.4. The van der Waals surface area contributed by atoms with Crippen molar-refractivity contribution in [3.8, 4) is 11.1 Å². The second-order valence-corrected chi connectivity index (χ2v) is 27.1. The van der Waals surface area contributed by atoms with E-state index in [0.29, 0.717) is 5.92 Å². The van der Waals surface area contributed by atoms with E-state index < -0.39 is 21.3 Å². The van der Waals surface area contributed by atoms with Crippen molar-refractivity contribution in [1.82, 2.24) is 0 Å². The molecule has 0 saturated carbocycles. The first-order valence-electron chi connectivity index (χ1n) is 20.6. The first kappa shape index (κ1) is 46.4. The molecular formula is C53H68Cl2Zr. The molecule has 0 nitrogen and oxygen atoms in total. The van der Waals surface area contributed by atoms with Crippen LogP contribution in [0, 0.1) is 11.3 Å². The first-order chi connectivity index (χ1) is 24.9. The molecule has 2 aliphatic carbocycles. The van der Waals surface area contributed by atoms with Crippen molar-refractivity contribution in [2.24, 2.45) is 11.3 Å². The summed E-state index contributed by atoms with van der Waals surface area (Å²) >= 11 is -3.12. The number of benzene rings is 4. The zero-order chi connectivity index (χ0) is 39.8. The molecule has 0 saturated heterocycles. The van der Waals surface area contributed by atoms with Crippen LogP contribution in [-0.2, 0) is 49.3 Å². The SMILES string of the molecule is CCC1C=C(C(C)(C)C)C=[C]1[Zr+2](=[C](c1ccccc1)c1ccccc1)[c]1c2c(cc(C(C)(C)C)c1C(C)(C)C)-c1cc(C(C)(C)C)c(C(C)(C)C)cc1C2.[Cl-].[Cl-]. The van der Waals surface area contributed by atoms with Crippen molar-refractivity contribution in [3.05, 3.63) is 144 Å². The molecular weight excluding hydrogens is 799 g/mol. The Kier molecular flexibility index (Phi) is 13.6. The van der Waals surface area contributed by atoms with Gasteiger partial charge in [0.2, 0.25) is 0 Å². The Labute approximate surface area is 362 Å². The number of allylic oxidation sites excluding steroid dienone is 4. The summed E-state index contributed by atoms with van der Waals surface area (Å²) in [6.45, 7) is 38.9. The molecule has 6 rings (SSSR count). The fourth-order valence-electron chi connectivity index (χ4n) is 9.04. The van der Waals surface area contributed by atoms with Gasteiger partial charge in [0, 0.05) is 0 Å². The van der Waals surface area contributed by atoms with Gasteiger partial charge in [0.05, 0.1) is 0 Å². The smallest absolute Gasteiger partial charge is 1.00 e. The Morgan fingerprint density at radius 3 is 1.46 bits per heavy atom. The monoisotopic (exact) mass is 864 g/mol. The van der Waals surface area contributed by atoms with Crippen LogP contribution in [0.15, 0.2) is 99.9 Å². The van der Waals surface area contributed by atoms with E-state index in [1.54, 1.807) is 20.9 Å². The fourth-order valence-corrected chi connectivity index (χ4v) is 18.8. The Hall–Kier alpha value is -2.31. The maximum atomic E-state index is 2.72. The summed E-state index contributed by atoms with van der Waals surface area (Å²) in [7, 11) is 0. The third kappa shape index (κ3) is 8.97. The molecule has 0 bridgehead atoms. The molecule has 298 valence electrons. The summed E-state index contributed by atoms with van der Waals surface area (Å²) in [5.41, 5.74) is 16.7. The van der Waals surface area contributed by atoms with Gasteiger partial charge < -0.3 is 24.8 Å². The molecule has 0 heterocycles. The third-order valence-corrected chi connectivity index (χ3v) is 19.7. The van der Waals surface area contributed by atoms with Gasteiger partial charge in [0.1, 0.15) is 0 Å².